The number of amides is 1. The van der Waals surface area contributed by atoms with E-state index in [1.54, 1.807) is 0 Å². The van der Waals surface area contributed by atoms with E-state index in [0.29, 0.717) is 6.42 Å². The number of sulfonamides is 1. The Morgan fingerprint density at radius 3 is 2.73 bits per heavy atom. The first-order valence-corrected chi connectivity index (χ1v) is 10.9. The van der Waals surface area contributed by atoms with Gasteiger partial charge in [0.05, 0.1) is 17.0 Å². The Kier molecular flexibility index (Phi) is 7.90. The van der Waals surface area contributed by atoms with Crippen molar-refractivity contribution < 1.29 is 92.3 Å². The first-order chi connectivity index (χ1) is 14.9. The summed E-state index contributed by atoms with van der Waals surface area (Å²) in [6.45, 7) is 0.274. The van der Waals surface area contributed by atoms with Crippen molar-refractivity contribution in [2.75, 3.05) is 13.2 Å². The Bertz CT molecular complexity index is 1180. The van der Waals surface area contributed by atoms with Gasteiger partial charge >= 0.3 is 57.7 Å². The Morgan fingerprint density at radius 1 is 1.30 bits per heavy atom. The van der Waals surface area contributed by atoms with Crippen LogP contribution < -0.4 is 60.9 Å². The van der Waals surface area contributed by atoms with Crippen molar-refractivity contribution in [2.24, 2.45) is 0 Å². The molecule has 2 aliphatic rings. The Labute approximate surface area is 233 Å². The summed E-state index contributed by atoms with van der Waals surface area (Å²) in [6.07, 6.45) is -4.57. The summed E-state index contributed by atoms with van der Waals surface area (Å²) in [5.41, 5.74) is -0.410. The molecular formula is C18H14ClF3KN3O6S. The summed E-state index contributed by atoms with van der Waals surface area (Å²) in [4.78, 5) is 17.2. The fraction of sp³-hybridized carbons (Fsp3) is 0.333. The number of benzene rings is 1. The average molecular weight is 532 g/mol. The standard InChI is InChI=1S/C18H14ClF3N3O6S.K/c19-9-1-2-14(31-18(20,21)22)15(5-9)32(28,29)24-10-6-11-16(23-7-10)30-8-12-13(26)3-4-25(12)17(11)27;/h1-2,5-7,12-13,26H,3-4,8H2;/q-1;+1/t12-,13-;/m0./s1. The normalized spacial score (nSPS) is 20.2. The fourth-order valence-corrected chi connectivity index (χ4v) is 4.80. The molecule has 1 aromatic heterocycles. The van der Waals surface area contributed by atoms with Gasteiger partial charge in [-0.15, -0.1) is 18.9 Å². The predicted molar refractivity (Wildman–Crippen MR) is 104 cm³/mol. The number of hydrogen-bond acceptors (Lipinski definition) is 7. The first kappa shape index (κ1) is 26.5. The monoisotopic (exact) mass is 531 g/mol. The van der Waals surface area contributed by atoms with Crippen LogP contribution in [-0.2, 0) is 10.0 Å². The molecule has 2 atom stereocenters. The molecule has 0 aliphatic carbocycles. The van der Waals surface area contributed by atoms with Gasteiger partial charge in [-0.25, -0.2) is 13.4 Å². The summed E-state index contributed by atoms with van der Waals surface area (Å²) < 4.78 is 76.3. The minimum atomic E-state index is -5.15. The predicted octanol–water partition coefficient (Wildman–Crippen LogP) is -0.000500. The SMILES string of the molecule is O=C1c2cc([N-]S(=O)(=O)c3cc(Cl)ccc3OC(F)(F)F)cnc2OC[C@H]2[C@@H](O)CCN12.[K+]. The fourth-order valence-electron chi connectivity index (χ4n) is 3.45. The van der Waals surface area contributed by atoms with Gasteiger partial charge in [-0.3, -0.25) is 4.79 Å². The smallest absolute Gasteiger partial charge is 0.571 e. The van der Waals surface area contributed by atoms with Crippen LogP contribution in [0, 0.1) is 0 Å². The van der Waals surface area contributed by atoms with E-state index in [0.717, 1.165) is 30.5 Å². The van der Waals surface area contributed by atoms with E-state index in [1.807, 2.05) is 0 Å². The molecule has 9 nitrogen and oxygen atoms in total. The van der Waals surface area contributed by atoms with Crippen LogP contribution >= 0.6 is 11.6 Å². The van der Waals surface area contributed by atoms with Crippen LogP contribution in [0.3, 0.4) is 0 Å². The van der Waals surface area contributed by atoms with E-state index >= 15 is 0 Å². The molecule has 1 fully saturated rings. The number of aliphatic hydroxyl groups excluding tert-OH is 1. The van der Waals surface area contributed by atoms with Crippen molar-refractivity contribution in [1.82, 2.24) is 9.88 Å². The van der Waals surface area contributed by atoms with Gasteiger partial charge in [-0.1, -0.05) is 17.7 Å². The third kappa shape index (κ3) is 5.75. The number of halogens is 4. The van der Waals surface area contributed by atoms with Crippen molar-refractivity contribution in [3.05, 3.63) is 45.8 Å². The summed E-state index contributed by atoms with van der Waals surface area (Å²) >= 11 is 5.75. The second kappa shape index (κ2) is 9.85. The van der Waals surface area contributed by atoms with Crippen LogP contribution in [-0.4, -0.2) is 61.0 Å². The first-order valence-electron chi connectivity index (χ1n) is 9.10. The number of aliphatic hydroxyl groups is 1. The number of carbonyl (C=O) groups is 1. The number of alkyl halides is 3. The van der Waals surface area contributed by atoms with Crippen molar-refractivity contribution in [3.63, 3.8) is 0 Å². The van der Waals surface area contributed by atoms with Crippen molar-refractivity contribution >= 4 is 33.2 Å². The maximum absolute atomic E-state index is 12.8. The Morgan fingerprint density at radius 2 is 2.03 bits per heavy atom. The van der Waals surface area contributed by atoms with Gasteiger partial charge < -0.3 is 24.2 Å². The summed E-state index contributed by atoms with van der Waals surface area (Å²) in [6, 6.07) is 3.08. The molecule has 4 rings (SSSR count). The molecule has 3 heterocycles. The molecule has 2 aromatic rings. The number of ether oxygens (including phenoxy) is 2. The van der Waals surface area contributed by atoms with Crippen LogP contribution in [0.25, 0.3) is 4.72 Å². The minimum absolute atomic E-state index is 0. The molecule has 15 heteroatoms. The van der Waals surface area contributed by atoms with Gasteiger partial charge in [0.1, 0.15) is 27.9 Å². The van der Waals surface area contributed by atoms with Gasteiger partial charge in [0, 0.05) is 17.8 Å². The topological polar surface area (TPSA) is 120 Å². The average Bonchev–Trinajstić information content (AvgIpc) is 3.00. The number of rotatable bonds is 4. The summed E-state index contributed by atoms with van der Waals surface area (Å²) in [5.74, 6) is -1.62. The zero-order valence-electron chi connectivity index (χ0n) is 16.9. The molecule has 2 aliphatic heterocycles. The molecule has 0 unspecified atom stereocenters. The van der Waals surface area contributed by atoms with Gasteiger partial charge in [0.15, 0.2) is 0 Å². The number of nitrogens with zero attached hydrogens (tertiary/aromatic N) is 3. The molecule has 0 radical (unpaired) electrons. The molecule has 172 valence electrons. The van der Waals surface area contributed by atoms with E-state index in [-0.39, 0.29) is 86.7 Å². The molecular weight excluding hydrogens is 518 g/mol. The van der Waals surface area contributed by atoms with Crippen LogP contribution in [0.1, 0.15) is 16.8 Å². The number of fused-ring (bicyclic) bond motifs is 2. The molecule has 0 spiro atoms. The van der Waals surface area contributed by atoms with Crippen molar-refractivity contribution in [2.45, 2.75) is 29.8 Å². The van der Waals surface area contributed by atoms with Gasteiger partial charge in [-0.2, -0.15) is 0 Å². The zero-order chi connectivity index (χ0) is 23.3. The van der Waals surface area contributed by atoms with E-state index in [1.165, 1.54) is 4.90 Å². The van der Waals surface area contributed by atoms with Gasteiger partial charge in [-0.05, 0) is 24.6 Å². The minimum Gasteiger partial charge on any atom is -0.571 e. The van der Waals surface area contributed by atoms with Crippen LogP contribution in [0.4, 0.5) is 18.9 Å². The Hall–Kier alpha value is -1.13. The number of hydrogen-bond donors (Lipinski definition) is 1. The van der Waals surface area contributed by atoms with E-state index in [2.05, 4.69) is 14.4 Å². The van der Waals surface area contributed by atoms with Crippen LogP contribution in [0.2, 0.25) is 5.02 Å². The second-order valence-electron chi connectivity index (χ2n) is 6.98. The third-order valence-electron chi connectivity index (χ3n) is 4.86. The van der Waals surface area contributed by atoms with Crippen molar-refractivity contribution in [3.8, 4) is 11.6 Å². The van der Waals surface area contributed by atoms with Gasteiger partial charge in [0.25, 0.3) is 5.91 Å². The zero-order valence-corrected chi connectivity index (χ0v) is 21.6. The van der Waals surface area contributed by atoms with Crippen molar-refractivity contribution in [1.29, 1.82) is 0 Å². The molecule has 0 saturated carbocycles. The quantitative estimate of drug-likeness (QED) is 0.551. The van der Waals surface area contributed by atoms with Gasteiger partial charge in [0.2, 0.25) is 5.88 Å². The molecule has 1 amide bonds. The second-order valence-corrected chi connectivity index (χ2v) is 8.99. The largest absolute Gasteiger partial charge is 1.00 e. The van der Waals surface area contributed by atoms with Crippen LogP contribution in [0.5, 0.6) is 11.6 Å². The number of carbonyl (C=O) groups excluding carboxylic acids is 1. The molecule has 0 bridgehead atoms. The molecule has 1 N–H and O–H groups in total. The van der Waals surface area contributed by atoms with E-state index in [4.69, 9.17) is 16.3 Å². The molecule has 1 saturated heterocycles. The van der Waals surface area contributed by atoms with Crippen LogP contribution in [0.15, 0.2) is 35.4 Å². The Balaban J connectivity index is 0.00000306. The summed E-state index contributed by atoms with van der Waals surface area (Å²) in [7, 11) is -4.75. The summed E-state index contributed by atoms with van der Waals surface area (Å²) in [5, 5.41) is 9.86. The maximum Gasteiger partial charge on any atom is 1.00 e. The number of aromatic nitrogens is 1. The van der Waals surface area contributed by atoms with E-state index < -0.39 is 45.1 Å². The molecule has 1 aromatic carbocycles. The maximum atomic E-state index is 12.8. The third-order valence-corrected chi connectivity index (χ3v) is 6.43. The molecule has 33 heavy (non-hydrogen) atoms. The number of pyridine rings is 1. The van der Waals surface area contributed by atoms with E-state index in [9.17, 15) is 31.5 Å².